The Bertz CT molecular complexity index is 1080. The molecule has 0 bridgehead atoms. The number of ether oxygens (including phenoxy) is 1. The van der Waals surface area contributed by atoms with Gasteiger partial charge in [-0.3, -0.25) is 4.72 Å². The Hall–Kier alpha value is -2.67. The van der Waals surface area contributed by atoms with Gasteiger partial charge in [0.2, 0.25) is 10.0 Å². The summed E-state index contributed by atoms with van der Waals surface area (Å²) in [6.45, 7) is 6.25. The maximum absolute atomic E-state index is 12.1. The summed E-state index contributed by atoms with van der Waals surface area (Å²) in [5.74, 6) is 0.762. The summed E-state index contributed by atoms with van der Waals surface area (Å²) >= 11 is 0. The molecule has 150 valence electrons. The lowest BCUT2D eigenvalue weighted by atomic mass is 10.1. The number of nitrogens with one attached hydrogen (secondary N) is 1. The van der Waals surface area contributed by atoms with Crippen LogP contribution in [0.5, 0.6) is 5.75 Å². The Morgan fingerprint density at radius 3 is 2.39 bits per heavy atom. The number of aromatic nitrogens is 1. The first-order chi connectivity index (χ1) is 13.3. The van der Waals surface area contributed by atoms with Gasteiger partial charge in [-0.25, -0.2) is 8.42 Å². The molecule has 28 heavy (non-hydrogen) atoms. The van der Waals surface area contributed by atoms with Gasteiger partial charge >= 0.3 is 0 Å². The van der Waals surface area contributed by atoms with E-state index in [2.05, 4.69) is 16.2 Å². The third-order valence-corrected chi connectivity index (χ3v) is 6.56. The Labute approximate surface area is 166 Å². The van der Waals surface area contributed by atoms with E-state index < -0.39 is 15.3 Å². The third kappa shape index (κ3) is 3.67. The van der Waals surface area contributed by atoms with Crippen LogP contribution in [0.25, 0.3) is 22.2 Å². The van der Waals surface area contributed by atoms with Crippen molar-refractivity contribution in [2.24, 2.45) is 0 Å². The van der Waals surface area contributed by atoms with Crippen molar-refractivity contribution in [1.29, 1.82) is 0 Å². The van der Waals surface area contributed by atoms with Crippen molar-refractivity contribution in [1.82, 2.24) is 4.57 Å². The number of nitrogen functional groups attached to an aromatic ring is 1. The van der Waals surface area contributed by atoms with Crippen LogP contribution < -0.4 is 15.2 Å². The van der Waals surface area contributed by atoms with Gasteiger partial charge in [0.25, 0.3) is 0 Å². The lowest BCUT2D eigenvalue weighted by Gasteiger charge is -2.13. The molecule has 0 saturated carbocycles. The normalized spacial score (nSPS) is 11.9. The molecule has 0 saturated heterocycles. The molecule has 0 aliphatic carbocycles. The summed E-state index contributed by atoms with van der Waals surface area (Å²) in [6, 6.07) is 13.2. The maximum atomic E-state index is 12.1. The standard InChI is InChI=1S/C21H27N3O3S/c1-5-12-24-19-11-10-17(27-4)13-18(19)20(22)21(24)15-6-8-16(9-7-15)23-28(25,26)14(2)3/h6-11,13-14,23H,5,12,22H2,1-4H3. The van der Waals surface area contributed by atoms with E-state index >= 15 is 0 Å². The highest BCUT2D eigenvalue weighted by atomic mass is 32.2. The van der Waals surface area contributed by atoms with E-state index in [1.807, 2.05) is 30.3 Å². The number of rotatable bonds is 7. The smallest absolute Gasteiger partial charge is 0.235 e. The van der Waals surface area contributed by atoms with E-state index in [9.17, 15) is 8.42 Å². The molecule has 6 nitrogen and oxygen atoms in total. The van der Waals surface area contributed by atoms with Crippen LogP contribution in [0, 0.1) is 0 Å². The molecule has 7 heteroatoms. The van der Waals surface area contributed by atoms with Gasteiger partial charge in [0.05, 0.1) is 29.3 Å². The molecule has 0 fully saturated rings. The van der Waals surface area contributed by atoms with E-state index in [4.69, 9.17) is 10.5 Å². The van der Waals surface area contributed by atoms with Crippen molar-refractivity contribution in [3.63, 3.8) is 0 Å². The van der Waals surface area contributed by atoms with Crippen molar-refractivity contribution < 1.29 is 13.2 Å². The van der Waals surface area contributed by atoms with Crippen molar-refractivity contribution in [2.75, 3.05) is 17.6 Å². The number of aryl methyl sites for hydroxylation is 1. The molecule has 0 aliphatic rings. The fraction of sp³-hybridized carbons (Fsp3) is 0.333. The van der Waals surface area contributed by atoms with Gasteiger partial charge in [0.1, 0.15) is 5.75 Å². The minimum atomic E-state index is -3.38. The Kier molecular flexibility index (Phi) is 5.56. The second-order valence-electron chi connectivity index (χ2n) is 7.07. The minimum Gasteiger partial charge on any atom is -0.497 e. The van der Waals surface area contributed by atoms with E-state index in [1.165, 1.54) is 0 Å². The molecule has 0 spiro atoms. The number of sulfonamides is 1. The van der Waals surface area contributed by atoms with Crippen molar-refractivity contribution in [3.05, 3.63) is 42.5 Å². The highest BCUT2D eigenvalue weighted by molar-refractivity contribution is 7.93. The average molecular weight is 402 g/mol. The zero-order chi connectivity index (χ0) is 20.5. The van der Waals surface area contributed by atoms with Gasteiger partial charge in [-0.1, -0.05) is 19.1 Å². The average Bonchev–Trinajstić information content (AvgIpc) is 2.94. The van der Waals surface area contributed by atoms with Gasteiger partial charge in [-0.15, -0.1) is 0 Å². The van der Waals surface area contributed by atoms with E-state index in [0.717, 1.165) is 40.9 Å². The van der Waals surface area contributed by atoms with Crippen LogP contribution in [-0.4, -0.2) is 25.3 Å². The number of anilines is 2. The highest BCUT2D eigenvalue weighted by Crippen LogP contribution is 2.38. The molecule has 0 atom stereocenters. The van der Waals surface area contributed by atoms with Crippen LogP contribution in [0.4, 0.5) is 11.4 Å². The second kappa shape index (κ2) is 7.75. The lowest BCUT2D eigenvalue weighted by molar-refractivity contribution is 0.415. The molecule has 0 radical (unpaired) electrons. The number of fused-ring (bicyclic) bond motifs is 1. The summed E-state index contributed by atoms with van der Waals surface area (Å²) < 4.78 is 34.3. The molecule has 0 amide bonds. The first-order valence-corrected chi connectivity index (χ1v) is 10.9. The predicted octanol–water partition coefficient (Wildman–Crippen LogP) is 4.46. The fourth-order valence-electron chi connectivity index (χ4n) is 3.23. The van der Waals surface area contributed by atoms with Crippen LogP contribution >= 0.6 is 0 Å². The van der Waals surface area contributed by atoms with Gasteiger partial charge in [0, 0.05) is 23.2 Å². The number of nitrogens with zero attached hydrogens (tertiary/aromatic N) is 1. The summed E-state index contributed by atoms with van der Waals surface area (Å²) in [5.41, 5.74) is 10.7. The molecule has 0 aliphatic heterocycles. The van der Waals surface area contributed by atoms with Crippen molar-refractivity contribution in [3.8, 4) is 17.0 Å². The fourth-order valence-corrected chi connectivity index (χ4v) is 3.93. The van der Waals surface area contributed by atoms with Crippen molar-refractivity contribution >= 4 is 32.3 Å². The summed E-state index contributed by atoms with van der Waals surface area (Å²) in [5, 5.41) is 0.456. The number of benzene rings is 2. The maximum Gasteiger partial charge on any atom is 0.235 e. The molecule has 0 unspecified atom stereocenters. The summed E-state index contributed by atoms with van der Waals surface area (Å²) in [4.78, 5) is 0. The number of hydrogen-bond acceptors (Lipinski definition) is 4. The monoisotopic (exact) mass is 401 g/mol. The summed E-state index contributed by atoms with van der Waals surface area (Å²) in [7, 11) is -1.74. The largest absolute Gasteiger partial charge is 0.497 e. The molecule has 2 aromatic carbocycles. The van der Waals surface area contributed by atoms with Crippen LogP contribution in [-0.2, 0) is 16.6 Å². The molecule has 3 N–H and O–H groups in total. The van der Waals surface area contributed by atoms with Gasteiger partial charge in [-0.2, -0.15) is 0 Å². The minimum absolute atomic E-state index is 0.495. The highest BCUT2D eigenvalue weighted by Gasteiger charge is 2.18. The molecule has 1 heterocycles. The van der Waals surface area contributed by atoms with Crippen LogP contribution in [0.1, 0.15) is 27.2 Å². The Morgan fingerprint density at radius 1 is 1.14 bits per heavy atom. The topological polar surface area (TPSA) is 86.4 Å². The first kappa shape index (κ1) is 20.1. The summed E-state index contributed by atoms with van der Waals surface area (Å²) in [6.07, 6.45) is 0.967. The third-order valence-electron chi connectivity index (χ3n) is 4.80. The molecule has 3 rings (SSSR count). The van der Waals surface area contributed by atoms with E-state index in [-0.39, 0.29) is 0 Å². The zero-order valence-electron chi connectivity index (χ0n) is 16.7. The molecule has 1 aromatic heterocycles. The predicted molar refractivity (Wildman–Crippen MR) is 116 cm³/mol. The van der Waals surface area contributed by atoms with Gasteiger partial charge in [-0.05, 0) is 50.6 Å². The molecule has 3 aromatic rings. The van der Waals surface area contributed by atoms with Crippen LogP contribution in [0.15, 0.2) is 42.5 Å². The molecular formula is C21H27N3O3S. The lowest BCUT2D eigenvalue weighted by Crippen LogP contribution is -2.22. The number of hydrogen-bond donors (Lipinski definition) is 2. The van der Waals surface area contributed by atoms with Crippen LogP contribution in [0.3, 0.4) is 0 Å². The Balaban J connectivity index is 2.07. The van der Waals surface area contributed by atoms with Gasteiger partial charge in [0.15, 0.2) is 0 Å². The quantitative estimate of drug-likeness (QED) is 0.612. The van der Waals surface area contributed by atoms with Gasteiger partial charge < -0.3 is 15.0 Å². The number of methoxy groups -OCH3 is 1. The van der Waals surface area contributed by atoms with Crippen molar-refractivity contribution in [2.45, 2.75) is 39.0 Å². The van der Waals surface area contributed by atoms with E-state index in [0.29, 0.717) is 11.4 Å². The SMILES string of the molecule is CCCn1c(-c2ccc(NS(=O)(=O)C(C)C)cc2)c(N)c2cc(OC)ccc21. The first-order valence-electron chi connectivity index (χ1n) is 9.36. The van der Waals surface area contributed by atoms with Crippen LogP contribution in [0.2, 0.25) is 0 Å². The van der Waals surface area contributed by atoms with E-state index in [1.54, 1.807) is 33.1 Å². The molecular weight excluding hydrogens is 374 g/mol. The Morgan fingerprint density at radius 2 is 1.82 bits per heavy atom. The second-order valence-corrected chi connectivity index (χ2v) is 9.31. The zero-order valence-corrected chi connectivity index (χ0v) is 17.5. The number of nitrogens with two attached hydrogens (primary N) is 1.